The molecule has 0 N–H and O–H groups in total. The largest absolute Gasteiger partial charge is 0.314 e. The molecule has 4 rings (SSSR count). The highest BCUT2D eigenvalue weighted by molar-refractivity contribution is 6.30. The predicted octanol–water partition coefficient (Wildman–Crippen LogP) is 5.07. The minimum absolute atomic E-state index is 0.0685. The molecule has 1 aliphatic carbocycles. The molecule has 24 heavy (non-hydrogen) atoms. The van der Waals surface area contributed by atoms with Crippen molar-refractivity contribution >= 4 is 11.6 Å². The first-order chi connectivity index (χ1) is 11.7. The summed E-state index contributed by atoms with van der Waals surface area (Å²) in [6.45, 7) is 5.23. The first-order valence-electron chi connectivity index (χ1n) is 9.04. The second-order valence-corrected chi connectivity index (χ2v) is 7.74. The lowest BCUT2D eigenvalue weighted by Crippen LogP contribution is -2.40. The van der Waals surface area contributed by atoms with Crippen LogP contribution in [0.3, 0.4) is 0 Å². The zero-order chi connectivity index (χ0) is 16.6. The molecule has 2 aromatic rings. The van der Waals surface area contributed by atoms with Gasteiger partial charge in [0.25, 0.3) is 0 Å². The summed E-state index contributed by atoms with van der Waals surface area (Å²) in [5.41, 5.74) is 2.51. The second kappa shape index (κ2) is 6.36. The third-order valence-electron chi connectivity index (χ3n) is 5.54. The van der Waals surface area contributed by atoms with Gasteiger partial charge in [-0.1, -0.05) is 55.1 Å². The fraction of sp³-hybridized carbons (Fsp3) is 0.500. The van der Waals surface area contributed by atoms with Crippen LogP contribution in [0.5, 0.6) is 0 Å². The van der Waals surface area contributed by atoms with E-state index in [0.717, 1.165) is 42.5 Å². The van der Waals surface area contributed by atoms with Crippen molar-refractivity contribution in [3.05, 3.63) is 58.7 Å². The molecule has 2 aliphatic rings. The molecule has 0 amide bonds. The van der Waals surface area contributed by atoms with Crippen molar-refractivity contribution in [2.75, 3.05) is 0 Å². The molecule has 0 atom stereocenters. The van der Waals surface area contributed by atoms with E-state index in [2.05, 4.69) is 33.5 Å². The maximum absolute atomic E-state index is 6.10. The second-order valence-electron chi connectivity index (χ2n) is 7.30. The van der Waals surface area contributed by atoms with E-state index >= 15 is 0 Å². The smallest absolute Gasteiger partial charge is 0.144 e. The van der Waals surface area contributed by atoms with Crippen LogP contribution in [0, 0.1) is 0 Å². The number of aryl methyl sites for hydroxylation is 1. The summed E-state index contributed by atoms with van der Waals surface area (Å²) in [6.07, 6.45) is 9.37. The van der Waals surface area contributed by atoms with Gasteiger partial charge in [-0.3, -0.25) is 0 Å². The van der Waals surface area contributed by atoms with E-state index in [-0.39, 0.29) is 5.41 Å². The third-order valence-corrected chi connectivity index (χ3v) is 5.79. The van der Waals surface area contributed by atoms with E-state index in [1.807, 2.05) is 12.1 Å². The summed E-state index contributed by atoms with van der Waals surface area (Å²) in [5, 5.41) is 10.0. The van der Waals surface area contributed by atoms with Gasteiger partial charge in [-0.2, -0.15) is 0 Å². The van der Waals surface area contributed by atoms with Gasteiger partial charge in [-0.05, 0) is 43.4 Å². The Morgan fingerprint density at radius 3 is 2.42 bits per heavy atom. The topological polar surface area (TPSA) is 30.7 Å². The standard InChI is InChI=1S/C20H24ClN3/c1-15-13-20(14-15,16-8-10-17(21)11-9-16)19-23-22-18-7-5-3-2-4-6-12-24(18)19/h8-11H,1-7,12-14H2. The molecular weight excluding hydrogens is 318 g/mol. The summed E-state index contributed by atoms with van der Waals surface area (Å²) in [7, 11) is 0. The fourth-order valence-electron chi connectivity index (χ4n) is 4.25. The van der Waals surface area contributed by atoms with Crippen molar-refractivity contribution < 1.29 is 0 Å². The quantitative estimate of drug-likeness (QED) is 0.713. The van der Waals surface area contributed by atoms with Gasteiger partial charge in [0, 0.05) is 18.0 Å². The number of rotatable bonds is 2. The van der Waals surface area contributed by atoms with E-state index in [0.29, 0.717) is 0 Å². The molecule has 0 saturated heterocycles. The Balaban J connectivity index is 1.77. The molecule has 4 heteroatoms. The predicted molar refractivity (Wildman–Crippen MR) is 97.4 cm³/mol. The van der Waals surface area contributed by atoms with Gasteiger partial charge in [-0.25, -0.2) is 0 Å². The SMILES string of the molecule is C=C1CC(c2ccc(Cl)cc2)(c2nnc3n2CCCCCCC3)C1. The summed E-state index contributed by atoms with van der Waals surface area (Å²) < 4.78 is 2.41. The van der Waals surface area contributed by atoms with Gasteiger partial charge in [0.1, 0.15) is 11.6 Å². The number of nitrogens with zero attached hydrogens (tertiary/aromatic N) is 3. The van der Waals surface area contributed by atoms with Gasteiger partial charge in [-0.15, -0.1) is 10.2 Å². The number of aromatic nitrogens is 3. The zero-order valence-electron chi connectivity index (χ0n) is 14.1. The number of hydrogen-bond acceptors (Lipinski definition) is 2. The maximum atomic E-state index is 6.10. The van der Waals surface area contributed by atoms with E-state index in [9.17, 15) is 0 Å². The molecule has 0 spiro atoms. The lowest BCUT2D eigenvalue weighted by atomic mass is 9.61. The van der Waals surface area contributed by atoms with Crippen molar-refractivity contribution in [3.63, 3.8) is 0 Å². The first-order valence-corrected chi connectivity index (χ1v) is 9.42. The molecule has 0 bridgehead atoms. The van der Waals surface area contributed by atoms with Crippen LogP contribution >= 0.6 is 11.6 Å². The zero-order valence-corrected chi connectivity index (χ0v) is 14.9. The Hall–Kier alpha value is -1.61. The lowest BCUT2D eigenvalue weighted by Gasteiger charge is -2.43. The van der Waals surface area contributed by atoms with E-state index in [4.69, 9.17) is 11.6 Å². The normalized spacial score (nSPS) is 20.5. The minimum atomic E-state index is -0.0685. The molecule has 0 unspecified atom stereocenters. The van der Waals surface area contributed by atoms with E-state index in [1.165, 1.54) is 43.2 Å². The van der Waals surface area contributed by atoms with Crippen molar-refractivity contribution in [3.8, 4) is 0 Å². The number of hydrogen-bond donors (Lipinski definition) is 0. The Morgan fingerprint density at radius 2 is 1.67 bits per heavy atom. The van der Waals surface area contributed by atoms with Crippen LogP contribution < -0.4 is 0 Å². The van der Waals surface area contributed by atoms with Crippen LogP contribution in [0.15, 0.2) is 36.4 Å². The third kappa shape index (κ3) is 2.69. The van der Waals surface area contributed by atoms with Crippen LogP contribution in [-0.2, 0) is 18.4 Å². The highest BCUT2D eigenvalue weighted by Gasteiger charge is 2.47. The van der Waals surface area contributed by atoms with Crippen molar-refractivity contribution in [1.29, 1.82) is 0 Å². The molecule has 2 heterocycles. The van der Waals surface area contributed by atoms with Crippen LogP contribution in [-0.4, -0.2) is 14.8 Å². The minimum Gasteiger partial charge on any atom is -0.314 e. The molecule has 126 valence electrons. The van der Waals surface area contributed by atoms with Crippen LogP contribution in [0.4, 0.5) is 0 Å². The van der Waals surface area contributed by atoms with Gasteiger partial charge in [0.15, 0.2) is 0 Å². The lowest BCUT2D eigenvalue weighted by molar-refractivity contribution is 0.359. The van der Waals surface area contributed by atoms with Crippen LogP contribution in [0.1, 0.15) is 62.2 Å². The number of allylic oxidation sites excluding steroid dienone is 1. The molecular formula is C20H24ClN3. The molecule has 1 aromatic heterocycles. The highest BCUT2D eigenvalue weighted by Crippen LogP contribution is 2.51. The fourth-order valence-corrected chi connectivity index (χ4v) is 4.38. The molecule has 1 aromatic carbocycles. The average molecular weight is 342 g/mol. The van der Waals surface area contributed by atoms with Crippen LogP contribution in [0.2, 0.25) is 5.02 Å². The molecule has 1 aliphatic heterocycles. The van der Waals surface area contributed by atoms with E-state index < -0.39 is 0 Å². The van der Waals surface area contributed by atoms with Crippen molar-refractivity contribution in [2.45, 2.75) is 63.3 Å². The molecule has 1 saturated carbocycles. The molecule has 0 radical (unpaired) electrons. The summed E-state index contributed by atoms with van der Waals surface area (Å²) in [5.74, 6) is 2.30. The van der Waals surface area contributed by atoms with Gasteiger partial charge < -0.3 is 4.57 Å². The average Bonchev–Trinajstić information content (AvgIpc) is 2.97. The van der Waals surface area contributed by atoms with Gasteiger partial charge in [0.2, 0.25) is 0 Å². The number of fused-ring (bicyclic) bond motifs is 1. The Morgan fingerprint density at radius 1 is 0.958 bits per heavy atom. The van der Waals surface area contributed by atoms with Gasteiger partial charge >= 0.3 is 0 Å². The Labute approximate surface area is 148 Å². The van der Waals surface area contributed by atoms with Crippen molar-refractivity contribution in [1.82, 2.24) is 14.8 Å². The Kier molecular flexibility index (Phi) is 4.21. The Bertz CT molecular complexity index is 737. The number of benzene rings is 1. The summed E-state index contributed by atoms with van der Waals surface area (Å²) in [6, 6.07) is 8.25. The molecule has 1 fully saturated rings. The number of halogens is 1. The summed E-state index contributed by atoms with van der Waals surface area (Å²) >= 11 is 6.10. The molecule has 3 nitrogen and oxygen atoms in total. The monoisotopic (exact) mass is 341 g/mol. The maximum Gasteiger partial charge on any atom is 0.144 e. The van der Waals surface area contributed by atoms with Crippen LogP contribution in [0.25, 0.3) is 0 Å². The van der Waals surface area contributed by atoms with Gasteiger partial charge in [0.05, 0.1) is 5.41 Å². The van der Waals surface area contributed by atoms with E-state index in [1.54, 1.807) is 0 Å². The highest BCUT2D eigenvalue weighted by atomic mass is 35.5. The first kappa shape index (κ1) is 15.9. The summed E-state index contributed by atoms with van der Waals surface area (Å²) in [4.78, 5) is 0. The van der Waals surface area contributed by atoms with Crippen molar-refractivity contribution in [2.24, 2.45) is 0 Å².